The van der Waals surface area contributed by atoms with Gasteiger partial charge in [0.1, 0.15) is 11.1 Å². The van der Waals surface area contributed by atoms with E-state index in [-0.39, 0.29) is 11.2 Å². The molecule has 166 valence electrons. The molecule has 4 aromatic rings. The number of carbonyl (C=O) groups is 1. The Labute approximate surface area is 198 Å². The number of hydrogen-bond donors (Lipinski definition) is 1. The molecule has 0 fully saturated rings. The van der Waals surface area contributed by atoms with E-state index >= 15 is 0 Å². The summed E-state index contributed by atoms with van der Waals surface area (Å²) >= 11 is 1.55. The molecule has 0 bridgehead atoms. The highest BCUT2D eigenvalue weighted by molar-refractivity contribution is 8.00. The largest absolute Gasteiger partial charge is 0.325 e. The lowest BCUT2D eigenvalue weighted by Crippen LogP contribution is -2.19. The number of amides is 1. The average Bonchev–Trinajstić information content (AvgIpc) is 3.12. The molecule has 6 heteroatoms. The van der Waals surface area contributed by atoms with E-state index in [9.17, 15) is 4.79 Å². The second-order valence-corrected chi connectivity index (χ2v) is 9.37. The highest BCUT2D eigenvalue weighted by atomic mass is 32.2. The zero-order chi connectivity index (χ0) is 22.5. The fourth-order valence-electron chi connectivity index (χ4n) is 4.18. The first-order chi connectivity index (χ1) is 16.3. The number of nitrogens with one attached hydrogen (secondary N) is 1. The van der Waals surface area contributed by atoms with Gasteiger partial charge in [0, 0.05) is 29.1 Å². The number of thioether (sulfide) groups is 1. The standard InChI is InChI=1S/C27H26N4OS/c32-27(25(20-11-4-1-5-12-20)33-23-15-6-2-7-16-23)28-22-14-10-13-21(19-22)26-30-29-24-17-8-3-9-18-31(24)26/h1-2,4-7,10-16,19,25H,3,8-9,17-18H2,(H,28,32). The summed E-state index contributed by atoms with van der Waals surface area (Å²) in [5, 5.41) is 11.7. The van der Waals surface area contributed by atoms with Gasteiger partial charge in [0.15, 0.2) is 5.82 Å². The van der Waals surface area contributed by atoms with Gasteiger partial charge >= 0.3 is 0 Å². The zero-order valence-electron chi connectivity index (χ0n) is 18.4. The second kappa shape index (κ2) is 10.0. The molecule has 33 heavy (non-hydrogen) atoms. The lowest BCUT2D eigenvalue weighted by molar-refractivity contribution is -0.115. The Hall–Kier alpha value is -3.38. The van der Waals surface area contributed by atoms with Crippen molar-refractivity contribution < 1.29 is 4.79 Å². The SMILES string of the molecule is O=C(Nc1cccc(-c2nnc3n2CCCCC3)c1)C(Sc1ccccc1)c1ccccc1. The van der Waals surface area contributed by atoms with E-state index in [4.69, 9.17) is 0 Å². The van der Waals surface area contributed by atoms with Crippen LogP contribution in [0.1, 0.15) is 35.9 Å². The number of aryl methyl sites for hydroxylation is 1. The number of carbonyl (C=O) groups excluding carboxylic acids is 1. The van der Waals surface area contributed by atoms with Crippen molar-refractivity contribution in [3.05, 3.63) is 96.3 Å². The van der Waals surface area contributed by atoms with Gasteiger partial charge in [0.05, 0.1) is 0 Å². The molecule has 0 saturated heterocycles. The smallest absolute Gasteiger partial charge is 0.242 e. The Morgan fingerprint density at radius 2 is 1.67 bits per heavy atom. The van der Waals surface area contributed by atoms with Crippen molar-refractivity contribution in [3.8, 4) is 11.4 Å². The Kier molecular flexibility index (Phi) is 6.53. The molecule has 0 radical (unpaired) electrons. The lowest BCUT2D eigenvalue weighted by atomic mass is 10.1. The third kappa shape index (κ3) is 5.01. The molecule has 2 heterocycles. The average molecular weight is 455 g/mol. The van der Waals surface area contributed by atoms with Crippen LogP contribution >= 0.6 is 11.8 Å². The van der Waals surface area contributed by atoms with Crippen LogP contribution in [0.3, 0.4) is 0 Å². The van der Waals surface area contributed by atoms with Crippen LogP contribution in [-0.2, 0) is 17.8 Å². The van der Waals surface area contributed by atoms with E-state index in [2.05, 4.69) is 20.1 Å². The lowest BCUT2D eigenvalue weighted by Gasteiger charge is -2.17. The molecule has 1 aliphatic heterocycles. The Morgan fingerprint density at radius 3 is 2.48 bits per heavy atom. The minimum absolute atomic E-state index is 0.0488. The third-order valence-electron chi connectivity index (χ3n) is 5.84. The van der Waals surface area contributed by atoms with Crippen molar-refractivity contribution in [1.29, 1.82) is 0 Å². The van der Waals surface area contributed by atoms with E-state index in [0.29, 0.717) is 0 Å². The van der Waals surface area contributed by atoms with Crippen molar-refractivity contribution >= 4 is 23.4 Å². The van der Waals surface area contributed by atoms with E-state index in [0.717, 1.165) is 59.2 Å². The van der Waals surface area contributed by atoms with E-state index in [1.165, 1.54) is 6.42 Å². The summed E-state index contributed by atoms with van der Waals surface area (Å²) in [5.41, 5.74) is 2.71. The first-order valence-corrected chi connectivity index (χ1v) is 12.3. The summed E-state index contributed by atoms with van der Waals surface area (Å²) < 4.78 is 2.23. The molecule has 0 saturated carbocycles. The summed E-state index contributed by atoms with van der Waals surface area (Å²) in [6.07, 6.45) is 4.50. The van der Waals surface area contributed by atoms with Gasteiger partial charge in [-0.3, -0.25) is 4.79 Å². The Bertz CT molecular complexity index is 1220. The van der Waals surface area contributed by atoms with Gasteiger partial charge in [-0.1, -0.05) is 67.1 Å². The fourth-order valence-corrected chi connectivity index (χ4v) is 5.22. The highest BCUT2D eigenvalue weighted by Crippen LogP contribution is 2.36. The summed E-state index contributed by atoms with van der Waals surface area (Å²) in [6.45, 7) is 0.943. The maximum Gasteiger partial charge on any atom is 0.242 e. The van der Waals surface area contributed by atoms with Crippen molar-refractivity contribution in [2.24, 2.45) is 0 Å². The van der Waals surface area contributed by atoms with Crippen LogP contribution in [0.15, 0.2) is 89.8 Å². The molecular formula is C27H26N4OS. The van der Waals surface area contributed by atoms with Crippen LogP contribution in [0.2, 0.25) is 0 Å². The van der Waals surface area contributed by atoms with Gasteiger partial charge in [-0.2, -0.15) is 0 Å². The first kappa shape index (κ1) is 21.5. The number of nitrogens with zero attached hydrogens (tertiary/aromatic N) is 3. The normalized spacial score (nSPS) is 14.2. The van der Waals surface area contributed by atoms with Gasteiger partial charge in [-0.25, -0.2) is 0 Å². The number of fused-ring (bicyclic) bond motifs is 1. The second-order valence-electron chi connectivity index (χ2n) is 8.19. The maximum absolute atomic E-state index is 13.4. The van der Waals surface area contributed by atoms with Crippen molar-refractivity contribution in [3.63, 3.8) is 0 Å². The summed E-state index contributed by atoms with van der Waals surface area (Å²) in [4.78, 5) is 14.5. The molecule has 1 aromatic heterocycles. The van der Waals surface area contributed by atoms with Crippen LogP contribution in [0, 0.1) is 0 Å². The van der Waals surface area contributed by atoms with Crippen LogP contribution in [0.25, 0.3) is 11.4 Å². The zero-order valence-corrected chi connectivity index (χ0v) is 19.2. The third-order valence-corrected chi connectivity index (χ3v) is 7.10. The molecule has 0 aliphatic carbocycles. The molecule has 1 N–H and O–H groups in total. The summed E-state index contributed by atoms with van der Waals surface area (Å²) in [5.74, 6) is 1.88. The van der Waals surface area contributed by atoms with E-state index < -0.39 is 0 Å². The number of aromatic nitrogens is 3. The number of rotatable bonds is 6. The molecular weight excluding hydrogens is 428 g/mol. The predicted molar refractivity (Wildman–Crippen MR) is 133 cm³/mol. The predicted octanol–water partition coefficient (Wildman–Crippen LogP) is 6.14. The van der Waals surface area contributed by atoms with Crippen molar-refractivity contribution in [1.82, 2.24) is 14.8 Å². The van der Waals surface area contributed by atoms with Gasteiger partial charge in [-0.05, 0) is 42.7 Å². The highest BCUT2D eigenvalue weighted by Gasteiger charge is 2.23. The minimum Gasteiger partial charge on any atom is -0.325 e. The number of benzene rings is 3. The van der Waals surface area contributed by atoms with E-state index in [1.807, 2.05) is 84.9 Å². The maximum atomic E-state index is 13.4. The molecule has 0 spiro atoms. The minimum atomic E-state index is -0.360. The van der Waals surface area contributed by atoms with Crippen LogP contribution in [-0.4, -0.2) is 20.7 Å². The van der Waals surface area contributed by atoms with E-state index in [1.54, 1.807) is 11.8 Å². The Morgan fingerprint density at radius 1 is 0.879 bits per heavy atom. The van der Waals surface area contributed by atoms with Crippen LogP contribution in [0.4, 0.5) is 5.69 Å². The number of hydrogen-bond acceptors (Lipinski definition) is 4. The molecule has 5 nitrogen and oxygen atoms in total. The number of anilines is 1. The van der Waals surface area contributed by atoms with Gasteiger partial charge in [-0.15, -0.1) is 22.0 Å². The molecule has 5 rings (SSSR count). The molecule has 1 unspecified atom stereocenters. The molecule has 1 atom stereocenters. The summed E-state index contributed by atoms with van der Waals surface area (Å²) in [6, 6.07) is 27.9. The van der Waals surface area contributed by atoms with Crippen molar-refractivity contribution in [2.45, 2.75) is 42.4 Å². The van der Waals surface area contributed by atoms with Gasteiger partial charge in [0.2, 0.25) is 5.91 Å². The van der Waals surface area contributed by atoms with Crippen LogP contribution in [0.5, 0.6) is 0 Å². The van der Waals surface area contributed by atoms with Gasteiger partial charge < -0.3 is 9.88 Å². The van der Waals surface area contributed by atoms with Crippen molar-refractivity contribution in [2.75, 3.05) is 5.32 Å². The monoisotopic (exact) mass is 454 g/mol. The summed E-state index contributed by atoms with van der Waals surface area (Å²) in [7, 11) is 0. The van der Waals surface area contributed by atoms with Crippen LogP contribution < -0.4 is 5.32 Å². The molecule has 1 aliphatic rings. The molecule has 1 amide bonds. The molecule has 3 aromatic carbocycles. The fraction of sp³-hybridized carbons (Fsp3) is 0.222. The first-order valence-electron chi connectivity index (χ1n) is 11.4. The topological polar surface area (TPSA) is 59.8 Å². The quantitative estimate of drug-likeness (QED) is 0.355. The Balaban J connectivity index is 1.40. The van der Waals surface area contributed by atoms with Gasteiger partial charge in [0.25, 0.3) is 0 Å².